The Labute approximate surface area is 188 Å². The van der Waals surface area contributed by atoms with Crippen LogP contribution in [0.25, 0.3) is 5.69 Å². The zero-order chi connectivity index (χ0) is 22.7. The van der Waals surface area contributed by atoms with Crippen molar-refractivity contribution < 1.29 is 13.6 Å². The molecule has 1 N–H and O–H groups in total. The zero-order valence-electron chi connectivity index (χ0n) is 17.4. The summed E-state index contributed by atoms with van der Waals surface area (Å²) >= 11 is 7.24. The van der Waals surface area contributed by atoms with Crippen LogP contribution in [0.15, 0.2) is 47.6 Å². The molecule has 0 fully saturated rings. The van der Waals surface area contributed by atoms with Crippen LogP contribution in [0.5, 0.6) is 0 Å². The van der Waals surface area contributed by atoms with Gasteiger partial charge in [-0.3, -0.25) is 14.3 Å². The Morgan fingerprint density at radius 2 is 1.77 bits per heavy atom. The Hall–Kier alpha value is -2.49. The molecule has 2 atom stereocenters. The van der Waals surface area contributed by atoms with Crippen LogP contribution in [0.1, 0.15) is 25.7 Å². The number of nitrogens with zero attached hydrogens (tertiary/aromatic N) is 4. The maximum absolute atomic E-state index is 13.4. The standard InChI is InChI=1S/C21H22ClF2N5OS/c1-12(28(3)4)19-26-27-21(29(19)16-8-5-14(22)6-9-16)31-13(2)20(30)25-15-7-10-17(23)18(24)11-15/h5-13H,1-4H3,(H,25,30). The van der Waals surface area contributed by atoms with E-state index < -0.39 is 16.9 Å². The number of thioether (sulfide) groups is 1. The van der Waals surface area contributed by atoms with Crippen LogP contribution < -0.4 is 5.32 Å². The number of nitrogens with one attached hydrogen (secondary N) is 1. The first-order valence-corrected chi connectivity index (χ1v) is 10.7. The Bertz CT molecular complexity index is 1070. The van der Waals surface area contributed by atoms with Gasteiger partial charge >= 0.3 is 0 Å². The number of anilines is 1. The molecule has 0 bridgehead atoms. The summed E-state index contributed by atoms with van der Waals surface area (Å²) < 4.78 is 28.4. The highest BCUT2D eigenvalue weighted by molar-refractivity contribution is 8.00. The SMILES string of the molecule is CC(Sc1nnc(C(C)N(C)C)n1-c1ccc(Cl)cc1)C(=O)Nc1ccc(F)c(F)c1. The molecular weight excluding hydrogens is 444 g/mol. The first-order valence-electron chi connectivity index (χ1n) is 9.47. The predicted molar refractivity (Wildman–Crippen MR) is 119 cm³/mol. The van der Waals surface area contributed by atoms with Gasteiger partial charge in [0.1, 0.15) is 0 Å². The van der Waals surface area contributed by atoms with E-state index in [9.17, 15) is 13.6 Å². The Balaban J connectivity index is 1.86. The number of hydrogen-bond donors (Lipinski definition) is 1. The van der Waals surface area contributed by atoms with Crippen LogP contribution in [0.2, 0.25) is 5.02 Å². The fourth-order valence-electron chi connectivity index (χ4n) is 2.72. The first kappa shape index (κ1) is 23.2. The van der Waals surface area contributed by atoms with Gasteiger partial charge in [-0.25, -0.2) is 8.78 Å². The molecule has 0 saturated heterocycles. The fraction of sp³-hybridized carbons (Fsp3) is 0.286. The smallest absolute Gasteiger partial charge is 0.237 e. The predicted octanol–water partition coefficient (Wildman–Crippen LogP) is 4.94. The van der Waals surface area contributed by atoms with E-state index in [1.165, 1.54) is 17.8 Å². The van der Waals surface area contributed by atoms with E-state index in [0.717, 1.165) is 17.8 Å². The van der Waals surface area contributed by atoms with Gasteiger partial charge in [-0.2, -0.15) is 0 Å². The third-order valence-electron chi connectivity index (χ3n) is 4.73. The third kappa shape index (κ3) is 5.41. The minimum atomic E-state index is -1.03. The Morgan fingerprint density at radius 3 is 2.39 bits per heavy atom. The molecule has 2 aromatic carbocycles. The summed E-state index contributed by atoms with van der Waals surface area (Å²) in [6, 6.07) is 10.4. The van der Waals surface area contributed by atoms with E-state index in [0.29, 0.717) is 16.0 Å². The molecule has 0 saturated carbocycles. The van der Waals surface area contributed by atoms with Gasteiger partial charge in [0.05, 0.1) is 11.3 Å². The maximum Gasteiger partial charge on any atom is 0.237 e. The second-order valence-corrected chi connectivity index (χ2v) is 8.91. The summed E-state index contributed by atoms with van der Waals surface area (Å²) in [6.07, 6.45) is 0. The highest BCUT2D eigenvalue weighted by Gasteiger charge is 2.24. The number of amides is 1. The van der Waals surface area contributed by atoms with Crippen LogP contribution in [0, 0.1) is 11.6 Å². The summed E-state index contributed by atoms with van der Waals surface area (Å²) in [6.45, 7) is 3.71. The summed E-state index contributed by atoms with van der Waals surface area (Å²) in [5.74, 6) is -1.66. The monoisotopic (exact) mass is 465 g/mol. The Morgan fingerprint density at radius 1 is 1.10 bits per heavy atom. The van der Waals surface area contributed by atoms with E-state index in [-0.39, 0.29) is 17.6 Å². The van der Waals surface area contributed by atoms with E-state index >= 15 is 0 Å². The molecule has 0 spiro atoms. The number of carbonyl (C=O) groups is 1. The van der Waals surface area contributed by atoms with Gasteiger partial charge in [-0.05, 0) is 64.3 Å². The van der Waals surface area contributed by atoms with Crippen molar-refractivity contribution in [1.29, 1.82) is 0 Å². The molecule has 0 radical (unpaired) electrons. The second-order valence-electron chi connectivity index (χ2n) is 7.17. The van der Waals surface area contributed by atoms with E-state index in [4.69, 9.17) is 11.6 Å². The number of hydrogen-bond acceptors (Lipinski definition) is 5. The summed E-state index contributed by atoms with van der Waals surface area (Å²) in [7, 11) is 3.88. The van der Waals surface area contributed by atoms with Crippen LogP contribution in [0.3, 0.4) is 0 Å². The lowest BCUT2D eigenvalue weighted by molar-refractivity contribution is -0.115. The van der Waals surface area contributed by atoms with Gasteiger partial charge in [0, 0.05) is 22.5 Å². The molecule has 164 valence electrons. The van der Waals surface area contributed by atoms with Gasteiger partial charge < -0.3 is 5.32 Å². The van der Waals surface area contributed by atoms with Crippen molar-refractivity contribution in [3.63, 3.8) is 0 Å². The normalized spacial score (nSPS) is 13.3. The van der Waals surface area contributed by atoms with E-state index in [1.54, 1.807) is 19.1 Å². The fourth-order valence-corrected chi connectivity index (χ4v) is 3.72. The average molecular weight is 466 g/mol. The van der Waals surface area contributed by atoms with E-state index in [2.05, 4.69) is 15.5 Å². The van der Waals surface area contributed by atoms with Crippen LogP contribution in [-0.2, 0) is 4.79 Å². The second kappa shape index (κ2) is 9.76. The first-order chi connectivity index (χ1) is 14.7. The molecule has 0 aliphatic rings. The lowest BCUT2D eigenvalue weighted by atomic mass is 10.2. The quantitative estimate of drug-likeness (QED) is 0.501. The van der Waals surface area contributed by atoms with Crippen LogP contribution in [-0.4, -0.2) is 44.9 Å². The van der Waals surface area contributed by atoms with Gasteiger partial charge in [-0.1, -0.05) is 23.4 Å². The number of aromatic nitrogens is 3. The van der Waals surface area contributed by atoms with Crippen molar-refractivity contribution in [2.24, 2.45) is 0 Å². The number of carbonyl (C=O) groups excluding carboxylic acids is 1. The highest BCUT2D eigenvalue weighted by atomic mass is 35.5. The van der Waals surface area contributed by atoms with Gasteiger partial charge in [0.25, 0.3) is 0 Å². The summed E-state index contributed by atoms with van der Waals surface area (Å²) in [5.41, 5.74) is 0.992. The third-order valence-corrected chi connectivity index (χ3v) is 6.02. The molecule has 31 heavy (non-hydrogen) atoms. The minimum Gasteiger partial charge on any atom is -0.325 e. The van der Waals surface area contributed by atoms with Gasteiger partial charge in [0.2, 0.25) is 5.91 Å². The summed E-state index contributed by atoms with van der Waals surface area (Å²) in [4.78, 5) is 14.6. The molecule has 3 rings (SSSR count). The molecule has 3 aromatic rings. The Kier molecular flexibility index (Phi) is 7.30. The number of halogens is 3. The van der Waals surface area contributed by atoms with Crippen molar-refractivity contribution in [3.8, 4) is 5.69 Å². The molecular formula is C21H22ClF2N5OS. The molecule has 1 amide bonds. The van der Waals surface area contributed by atoms with Crippen molar-refractivity contribution in [1.82, 2.24) is 19.7 Å². The number of benzene rings is 2. The van der Waals surface area contributed by atoms with E-state index in [1.807, 2.05) is 42.6 Å². The molecule has 6 nitrogen and oxygen atoms in total. The molecule has 1 aromatic heterocycles. The van der Waals surface area contributed by atoms with Crippen molar-refractivity contribution >= 4 is 35.0 Å². The lowest BCUT2D eigenvalue weighted by Crippen LogP contribution is -2.23. The molecule has 0 aliphatic carbocycles. The summed E-state index contributed by atoms with van der Waals surface area (Å²) in [5, 5.41) is 11.8. The van der Waals surface area contributed by atoms with Crippen LogP contribution in [0.4, 0.5) is 14.5 Å². The van der Waals surface area contributed by atoms with Gasteiger partial charge in [-0.15, -0.1) is 10.2 Å². The maximum atomic E-state index is 13.4. The van der Waals surface area contributed by atoms with Crippen molar-refractivity contribution in [2.75, 3.05) is 19.4 Å². The molecule has 2 unspecified atom stereocenters. The molecule has 0 aliphatic heterocycles. The minimum absolute atomic E-state index is 0.0381. The molecule has 1 heterocycles. The zero-order valence-corrected chi connectivity index (χ0v) is 19.0. The topological polar surface area (TPSA) is 63.1 Å². The average Bonchev–Trinajstić information content (AvgIpc) is 3.13. The van der Waals surface area contributed by atoms with Crippen molar-refractivity contribution in [2.45, 2.75) is 30.3 Å². The van der Waals surface area contributed by atoms with Gasteiger partial charge in [0.15, 0.2) is 22.6 Å². The lowest BCUT2D eigenvalue weighted by Gasteiger charge is -2.21. The number of rotatable bonds is 7. The van der Waals surface area contributed by atoms with Crippen molar-refractivity contribution in [3.05, 3.63) is 64.9 Å². The van der Waals surface area contributed by atoms with Crippen LogP contribution >= 0.6 is 23.4 Å². The highest BCUT2D eigenvalue weighted by Crippen LogP contribution is 2.30. The largest absolute Gasteiger partial charge is 0.325 e. The molecule has 10 heteroatoms.